The van der Waals surface area contributed by atoms with E-state index in [1.165, 1.54) is 11.0 Å². The van der Waals surface area contributed by atoms with Gasteiger partial charge in [-0.05, 0) is 40.3 Å². The zero-order chi connectivity index (χ0) is 19.1. The number of rotatable bonds is 8. The van der Waals surface area contributed by atoms with Crippen LogP contribution in [0.1, 0.15) is 5.56 Å². The monoisotopic (exact) mass is 369 g/mol. The lowest BCUT2D eigenvalue weighted by Crippen LogP contribution is -2.28. The topological polar surface area (TPSA) is 100 Å². The van der Waals surface area contributed by atoms with Crippen molar-refractivity contribution >= 4 is 5.91 Å². The van der Waals surface area contributed by atoms with Crippen LogP contribution in [0, 0.1) is 0 Å². The maximum Gasteiger partial charge on any atom is 0.258 e. The summed E-state index contributed by atoms with van der Waals surface area (Å²) < 4.78 is 17.5. The van der Waals surface area contributed by atoms with E-state index in [0.717, 1.165) is 11.3 Å². The zero-order valence-corrected chi connectivity index (χ0v) is 15.0. The summed E-state index contributed by atoms with van der Waals surface area (Å²) in [6.45, 7) is 0.250. The molecule has 9 heteroatoms. The Morgan fingerprint density at radius 1 is 1.11 bits per heavy atom. The third kappa shape index (κ3) is 4.72. The van der Waals surface area contributed by atoms with E-state index < -0.39 is 0 Å². The lowest BCUT2D eigenvalue weighted by atomic mass is 10.2. The number of carbonyl (C=O) groups excluding carboxylic acids is 1. The highest BCUT2D eigenvalue weighted by Gasteiger charge is 2.07. The second kappa shape index (κ2) is 8.65. The highest BCUT2D eigenvalue weighted by molar-refractivity contribution is 5.77. The van der Waals surface area contributed by atoms with Gasteiger partial charge in [-0.1, -0.05) is 12.1 Å². The number of hydrogen-bond acceptors (Lipinski definition) is 7. The van der Waals surface area contributed by atoms with Gasteiger partial charge in [0.05, 0.1) is 19.9 Å². The molecule has 3 rings (SSSR count). The van der Waals surface area contributed by atoms with Crippen molar-refractivity contribution in [1.29, 1.82) is 0 Å². The Balaban J connectivity index is 1.52. The molecule has 0 atom stereocenters. The van der Waals surface area contributed by atoms with Crippen LogP contribution >= 0.6 is 0 Å². The van der Waals surface area contributed by atoms with Crippen molar-refractivity contribution in [2.75, 3.05) is 20.8 Å². The highest BCUT2D eigenvalue weighted by Crippen LogP contribution is 2.27. The van der Waals surface area contributed by atoms with Gasteiger partial charge in [0.25, 0.3) is 5.91 Å². The standard InChI is InChI=1S/C18H19N5O4/c1-25-16-7-6-13(8-17(16)26-2)10-19-18(24)11-27-15-5-3-4-14(9-15)23-12-20-21-22-23/h3-9,12H,10-11H2,1-2H3,(H,19,24). The molecule has 0 unspecified atom stereocenters. The largest absolute Gasteiger partial charge is 0.493 e. The summed E-state index contributed by atoms with van der Waals surface area (Å²) in [4.78, 5) is 12.1. The van der Waals surface area contributed by atoms with E-state index in [2.05, 4.69) is 20.8 Å². The normalized spacial score (nSPS) is 10.3. The Morgan fingerprint density at radius 3 is 2.70 bits per heavy atom. The van der Waals surface area contributed by atoms with Crippen molar-refractivity contribution < 1.29 is 19.0 Å². The first-order chi connectivity index (χ1) is 13.2. The Morgan fingerprint density at radius 2 is 1.96 bits per heavy atom. The number of ether oxygens (including phenoxy) is 3. The number of nitrogens with one attached hydrogen (secondary N) is 1. The molecule has 0 bridgehead atoms. The van der Waals surface area contributed by atoms with E-state index in [1.807, 2.05) is 18.2 Å². The van der Waals surface area contributed by atoms with Gasteiger partial charge in [-0.25, -0.2) is 4.68 Å². The van der Waals surface area contributed by atoms with Crippen LogP contribution in [0.5, 0.6) is 17.2 Å². The molecule has 1 amide bonds. The third-order valence-corrected chi connectivity index (χ3v) is 3.74. The molecule has 3 aromatic rings. The Kier molecular flexibility index (Phi) is 5.83. The fourth-order valence-corrected chi connectivity index (χ4v) is 2.39. The number of methoxy groups -OCH3 is 2. The van der Waals surface area contributed by atoms with Crippen molar-refractivity contribution in [3.63, 3.8) is 0 Å². The second-order valence-corrected chi connectivity index (χ2v) is 5.51. The first-order valence-electron chi connectivity index (χ1n) is 8.13. The minimum Gasteiger partial charge on any atom is -0.493 e. The van der Waals surface area contributed by atoms with Crippen molar-refractivity contribution in [3.05, 3.63) is 54.4 Å². The third-order valence-electron chi connectivity index (χ3n) is 3.74. The molecule has 1 aromatic heterocycles. The Hall–Kier alpha value is -3.62. The first-order valence-corrected chi connectivity index (χ1v) is 8.13. The van der Waals surface area contributed by atoms with E-state index in [1.54, 1.807) is 38.5 Å². The van der Waals surface area contributed by atoms with Crippen LogP contribution < -0.4 is 19.5 Å². The number of nitrogens with zero attached hydrogens (tertiary/aromatic N) is 4. The average Bonchev–Trinajstić information content (AvgIpc) is 3.25. The molecule has 0 aliphatic rings. The zero-order valence-electron chi connectivity index (χ0n) is 15.0. The quantitative estimate of drug-likeness (QED) is 0.640. The van der Waals surface area contributed by atoms with Crippen LogP contribution in [0.25, 0.3) is 5.69 Å². The van der Waals surface area contributed by atoms with E-state index in [0.29, 0.717) is 23.8 Å². The summed E-state index contributed by atoms with van der Waals surface area (Å²) in [7, 11) is 3.14. The van der Waals surface area contributed by atoms with Crippen LogP contribution in [-0.4, -0.2) is 46.9 Å². The van der Waals surface area contributed by atoms with Gasteiger partial charge in [0.15, 0.2) is 18.1 Å². The Bertz CT molecular complexity index is 899. The first kappa shape index (κ1) is 18.2. The van der Waals surface area contributed by atoms with Gasteiger partial charge in [-0.2, -0.15) is 0 Å². The number of benzene rings is 2. The molecule has 0 radical (unpaired) electrons. The summed E-state index contributed by atoms with van der Waals surface area (Å²) in [5.74, 6) is 1.56. The van der Waals surface area contributed by atoms with Gasteiger partial charge < -0.3 is 19.5 Å². The van der Waals surface area contributed by atoms with E-state index in [9.17, 15) is 4.79 Å². The molecule has 1 N–H and O–H groups in total. The predicted octanol–water partition coefficient (Wildman–Crippen LogP) is 1.37. The summed E-state index contributed by atoms with van der Waals surface area (Å²) >= 11 is 0. The van der Waals surface area contributed by atoms with E-state index in [4.69, 9.17) is 14.2 Å². The Labute approximate surface area is 155 Å². The maximum atomic E-state index is 12.1. The smallest absolute Gasteiger partial charge is 0.258 e. The lowest BCUT2D eigenvalue weighted by Gasteiger charge is -2.11. The summed E-state index contributed by atoms with van der Waals surface area (Å²) in [6.07, 6.45) is 1.48. The molecule has 0 fully saturated rings. The van der Waals surface area contributed by atoms with Crippen molar-refractivity contribution in [2.45, 2.75) is 6.54 Å². The molecular weight excluding hydrogens is 350 g/mol. The van der Waals surface area contributed by atoms with Crippen LogP contribution in [0.15, 0.2) is 48.8 Å². The summed E-state index contributed by atoms with van der Waals surface area (Å²) in [5.41, 5.74) is 1.63. The summed E-state index contributed by atoms with van der Waals surface area (Å²) in [6, 6.07) is 12.6. The van der Waals surface area contributed by atoms with E-state index in [-0.39, 0.29) is 12.5 Å². The van der Waals surface area contributed by atoms with Gasteiger partial charge in [0, 0.05) is 12.6 Å². The van der Waals surface area contributed by atoms with Gasteiger partial charge in [-0.15, -0.1) is 5.10 Å². The van der Waals surface area contributed by atoms with Gasteiger partial charge in [0.2, 0.25) is 0 Å². The number of carbonyl (C=O) groups is 1. The molecule has 2 aromatic carbocycles. The lowest BCUT2D eigenvalue weighted by molar-refractivity contribution is -0.123. The maximum absolute atomic E-state index is 12.1. The number of amides is 1. The predicted molar refractivity (Wildman–Crippen MR) is 96.0 cm³/mol. The van der Waals surface area contributed by atoms with Gasteiger partial charge in [0.1, 0.15) is 12.1 Å². The second-order valence-electron chi connectivity index (χ2n) is 5.51. The molecular formula is C18H19N5O4. The fraction of sp³-hybridized carbons (Fsp3) is 0.222. The van der Waals surface area contributed by atoms with Crippen LogP contribution in [0.2, 0.25) is 0 Å². The number of tetrazole rings is 1. The molecule has 9 nitrogen and oxygen atoms in total. The van der Waals surface area contributed by atoms with Gasteiger partial charge in [-0.3, -0.25) is 4.79 Å². The molecule has 0 saturated carbocycles. The van der Waals surface area contributed by atoms with Crippen molar-refractivity contribution in [2.24, 2.45) is 0 Å². The molecule has 140 valence electrons. The summed E-state index contributed by atoms with van der Waals surface area (Å²) in [5, 5.41) is 13.8. The molecule has 0 aliphatic heterocycles. The van der Waals surface area contributed by atoms with Gasteiger partial charge >= 0.3 is 0 Å². The molecule has 0 spiro atoms. The van der Waals surface area contributed by atoms with Crippen LogP contribution in [0.3, 0.4) is 0 Å². The minimum absolute atomic E-state index is 0.105. The number of aromatic nitrogens is 4. The van der Waals surface area contributed by atoms with Crippen molar-refractivity contribution in [1.82, 2.24) is 25.5 Å². The van der Waals surface area contributed by atoms with Crippen molar-refractivity contribution in [3.8, 4) is 22.9 Å². The van der Waals surface area contributed by atoms with Crippen LogP contribution in [0.4, 0.5) is 0 Å². The SMILES string of the molecule is COc1ccc(CNC(=O)COc2cccc(-n3cnnn3)c2)cc1OC. The van der Waals surface area contributed by atoms with E-state index >= 15 is 0 Å². The average molecular weight is 369 g/mol. The molecule has 27 heavy (non-hydrogen) atoms. The van der Waals surface area contributed by atoms with Crippen LogP contribution in [-0.2, 0) is 11.3 Å². The minimum atomic E-state index is -0.238. The highest BCUT2D eigenvalue weighted by atomic mass is 16.5. The number of hydrogen-bond donors (Lipinski definition) is 1. The molecule has 1 heterocycles. The molecule has 0 saturated heterocycles. The molecule has 0 aliphatic carbocycles. The fourth-order valence-electron chi connectivity index (χ4n) is 2.39.